The van der Waals surface area contributed by atoms with Gasteiger partial charge in [0.25, 0.3) is 5.91 Å². The first-order valence-corrected chi connectivity index (χ1v) is 8.30. The van der Waals surface area contributed by atoms with Crippen molar-refractivity contribution in [3.63, 3.8) is 0 Å². The Kier molecular flexibility index (Phi) is 6.30. The van der Waals surface area contributed by atoms with Crippen LogP contribution in [0.25, 0.3) is 6.08 Å². The summed E-state index contributed by atoms with van der Waals surface area (Å²) in [4.78, 5) is 28.1. The Morgan fingerprint density at radius 2 is 2.04 bits per heavy atom. The van der Waals surface area contributed by atoms with Crippen LogP contribution in [-0.2, 0) is 4.79 Å². The van der Waals surface area contributed by atoms with E-state index in [0.29, 0.717) is 0 Å². The molecule has 0 radical (unpaired) electrons. The van der Waals surface area contributed by atoms with E-state index in [9.17, 15) is 14.7 Å². The summed E-state index contributed by atoms with van der Waals surface area (Å²) in [6, 6.07) is 6.73. The largest absolute Gasteiger partial charge is 0.505 e. The van der Waals surface area contributed by atoms with Crippen molar-refractivity contribution >= 4 is 45.2 Å². The standard InChI is InChI=1S/C15H14BrN3O3S/c16-12-5-3-10(23-12)4-6-13(21)17-8-9-19-15(22)14-11(20)2-1-7-18-14/h1-7,20H,8-9H2,(H,17,21)(H,19,22). The van der Waals surface area contributed by atoms with Gasteiger partial charge in [0.15, 0.2) is 5.69 Å². The average Bonchev–Trinajstić information content (AvgIpc) is 2.95. The molecule has 2 rings (SSSR count). The minimum atomic E-state index is -0.490. The Morgan fingerprint density at radius 1 is 1.26 bits per heavy atom. The van der Waals surface area contributed by atoms with Crippen LogP contribution in [0.5, 0.6) is 5.75 Å². The van der Waals surface area contributed by atoms with Crippen LogP contribution in [-0.4, -0.2) is 35.0 Å². The summed E-state index contributed by atoms with van der Waals surface area (Å²) in [6.07, 6.45) is 4.57. The lowest BCUT2D eigenvalue weighted by molar-refractivity contribution is -0.116. The summed E-state index contributed by atoms with van der Waals surface area (Å²) in [5.74, 6) is -0.917. The quantitative estimate of drug-likeness (QED) is 0.516. The zero-order valence-electron chi connectivity index (χ0n) is 12.0. The van der Waals surface area contributed by atoms with Crippen LogP contribution < -0.4 is 10.6 Å². The first-order valence-electron chi connectivity index (χ1n) is 6.69. The van der Waals surface area contributed by atoms with E-state index in [0.717, 1.165) is 8.66 Å². The first-order chi connectivity index (χ1) is 11.1. The molecule has 0 aliphatic heterocycles. The molecule has 0 atom stereocenters. The molecule has 6 nitrogen and oxygen atoms in total. The smallest absolute Gasteiger partial charge is 0.273 e. The highest BCUT2D eigenvalue weighted by atomic mass is 79.9. The number of hydrogen-bond donors (Lipinski definition) is 3. The third kappa shape index (κ3) is 5.50. The number of rotatable bonds is 6. The van der Waals surface area contributed by atoms with Crippen molar-refractivity contribution in [1.82, 2.24) is 15.6 Å². The van der Waals surface area contributed by atoms with E-state index < -0.39 is 5.91 Å². The number of pyridine rings is 1. The molecule has 0 aromatic carbocycles. The van der Waals surface area contributed by atoms with Crippen molar-refractivity contribution in [3.8, 4) is 5.75 Å². The van der Waals surface area contributed by atoms with Crippen molar-refractivity contribution in [2.75, 3.05) is 13.1 Å². The Morgan fingerprint density at radius 3 is 2.74 bits per heavy atom. The highest BCUT2D eigenvalue weighted by molar-refractivity contribution is 9.11. The Bertz CT molecular complexity index is 730. The molecule has 0 saturated carbocycles. The van der Waals surface area contributed by atoms with Crippen LogP contribution in [0.15, 0.2) is 40.3 Å². The summed E-state index contributed by atoms with van der Waals surface area (Å²) in [6.45, 7) is 0.510. The number of nitrogens with zero attached hydrogens (tertiary/aromatic N) is 1. The lowest BCUT2D eigenvalue weighted by Gasteiger charge is -2.06. The molecule has 2 heterocycles. The second-order valence-corrected chi connectivity index (χ2v) is 6.89. The van der Waals surface area contributed by atoms with E-state index in [2.05, 4.69) is 31.5 Å². The van der Waals surface area contributed by atoms with Crippen LogP contribution in [0.3, 0.4) is 0 Å². The van der Waals surface area contributed by atoms with Gasteiger partial charge in [-0.05, 0) is 46.3 Å². The maximum Gasteiger partial charge on any atom is 0.273 e. The fraction of sp³-hybridized carbons (Fsp3) is 0.133. The normalized spacial score (nSPS) is 10.7. The molecule has 0 saturated heterocycles. The lowest BCUT2D eigenvalue weighted by atomic mass is 10.3. The summed E-state index contributed by atoms with van der Waals surface area (Å²) in [5.41, 5.74) is -0.0398. The van der Waals surface area contributed by atoms with Crippen molar-refractivity contribution in [2.45, 2.75) is 0 Å². The predicted molar refractivity (Wildman–Crippen MR) is 92.3 cm³/mol. The molecule has 23 heavy (non-hydrogen) atoms. The maximum absolute atomic E-state index is 11.8. The molecule has 0 spiro atoms. The van der Waals surface area contributed by atoms with Crippen LogP contribution in [0, 0.1) is 0 Å². The van der Waals surface area contributed by atoms with Gasteiger partial charge in [0.1, 0.15) is 5.75 Å². The fourth-order valence-corrected chi connectivity index (χ4v) is 2.98. The number of thiophene rings is 1. The van der Waals surface area contributed by atoms with Gasteiger partial charge in [-0.1, -0.05) is 0 Å². The number of halogens is 1. The SMILES string of the molecule is O=C(C=Cc1ccc(Br)s1)NCCNC(=O)c1ncccc1O. The third-order valence-corrected chi connectivity index (χ3v) is 4.29. The second-order valence-electron chi connectivity index (χ2n) is 4.39. The minimum absolute atomic E-state index is 0.0398. The van der Waals surface area contributed by atoms with Crippen LogP contribution in [0.4, 0.5) is 0 Å². The van der Waals surface area contributed by atoms with Gasteiger partial charge < -0.3 is 15.7 Å². The van der Waals surface area contributed by atoms with Gasteiger partial charge in [0, 0.05) is 30.2 Å². The van der Waals surface area contributed by atoms with Crippen molar-refractivity contribution in [1.29, 1.82) is 0 Å². The monoisotopic (exact) mass is 395 g/mol. The average molecular weight is 396 g/mol. The number of amides is 2. The summed E-state index contributed by atoms with van der Waals surface area (Å²) in [7, 11) is 0. The van der Waals surface area contributed by atoms with Crippen LogP contribution >= 0.6 is 27.3 Å². The van der Waals surface area contributed by atoms with Crippen molar-refractivity contribution in [3.05, 3.63) is 50.9 Å². The topological polar surface area (TPSA) is 91.3 Å². The highest BCUT2D eigenvalue weighted by Crippen LogP contribution is 2.22. The molecule has 0 aliphatic rings. The van der Waals surface area contributed by atoms with E-state index in [1.54, 1.807) is 6.08 Å². The highest BCUT2D eigenvalue weighted by Gasteiger charge is 2.10. The van der Waals surface area contributed by atoms with Crippen LogP contribution in [0.1, 0.15) is 15.4 Å². The molecule has 120 valence electrons. The molecule has 2 aromatic heterocycles. The van der Waals surface area contributed by atoms with Gasteiger partial charge in [-0.15, -0.1) is 11.3 Å². The molecule has 0 aliphatic carbocycles. The predicted octanol–water partition coefficient (Wildman–Crippen LogP) is 2.17. The molecule has 0 unspecified atom stereocenters. The number of aromatic hydroxyl groups is 1. The van der Waals surface area contributed by atoms with Crippen molar-refractivity contribution < 1.29 is 14.7 Å². The molecule has 0 bridgehead atoms. The summed E-state index contributed by atoms with van der Waals surface area (Å²) >= 11 is 4.87. The molecular formula is C15H14BrN3O3S. The summed E-state index contributed by atoms with van der Waals surface area (Å²) < 4.78 is 0.998. The van der Waals surface area contributed by atoms with Gasteiger partial charge in [0.2, 0.25) is 5.91 Å². The Labute approximate surface area is 145 Å². The minimum Gasteiger partial charge on any atom is -0.505 e. The molecule has 3 N–H and O–H groups in total. The summed E-state index contributed by atoms with van der Waals surface area (Å²) in [5, 5.41) is 14.7. The lowest BCUT2D eigenvalue weighted by Crippen LogP contribution is -2.34. The van der Waals surface area contributed by atoms with Gasteiger partial charge in [-0.3, -0.25) is 9.59 Å². The zero-order valence-corrected chi connectivity index (χ0v) is 14.4. The van der Waals surface area contributed by atoms with Gasteiger partial charge in [0.05, 0.1) is 3.79 Å². The number of carbonyl (C=O) groups excluding carboxylic acids is 2. The second kappa shape index (κ2) is 8.44. The zero-order chi connectivity index (χ0) is 16.7. The number of hydrogen-bond acceptors (Lipinski definition) is 5. The number of nitrogens with one attached hydrogen (secondary N) is 2. The van der Waals surface area contributed by atoms with E-state index in [1.165, 1.54) is 35.7 Å². The molecule has 8 heteroatoms. The Balaban J connectivity index is 1.71. The Hall–Kier alpha value is -2.19. The molecular weight excluding hydrogens is 382 g/mol. The third-order valence-electron chi connectivity index (χ3n) is 2.70. The van der Waals surface area contributed by atoms with E-state index >= 15 is 0 Å². The first kappa shape index (κ1) is 17.2. The fourth-order valence-electron chi connectivity index (χ4n) is 1.65. The molecule has 0 fully saturated rings. The molecule has 2 aromatic rings. The number of carbonyl (C=O) groups is 2. The number of aromatic nitrogens is 1. The van der Waals surface area contributed by atoms with E-state index in [1.807, 2.05) is 12.1 Å². The van der Waals surface area contributed by atoms with Crippen LogP contribution in [0.2, 0.25) is 0 Å². The molecule has 2 amide bonds. The van der Waals surface area contributed by atoms with E-state index in [4.69, 9.17) is 0 Å². The van der Waals surface area contributed by atoms with Crippen molar-refractivity contribution in [2.24, 2.45) is 0 Å². The van der Waals surface area contributed by atoms with Gasteiger partial charge in [-0.25, -0.2) is 4.98 Å². The van der Waals surface area contributed by atoms with Gasteiger partial charge >= 0.3 is 0 Å². The maximum atomic E-state index is 11.8. The van der Waals surface area contributed by atoms with E-state index in [-0.39, 0.29) is 30.4 Å². The van der Waals surface area contributed by atoms with Gasteiger partial charge in [-0.2, -0.15) is 0 Å².